The summed E-state index contributed by atoms with van der Waals surface area (Å²) in [7, 11) is 0. The molecule has 5 heteroatoms. The maximum atomic E-state index is 11.2. The van der Waals surface area contributed by atoms with Gasteiger partial charge in [-0.15, -0.1) is 0 Å². The van der Waals surface area contributed by atoms with E-state index in [1.807, 2.05) is 72.8 Å². The SMILES string of the molecule is O=C([O-])C(c1ccccc1)c1ccccc1.O=C([O-])C(c1ccccc1)c1ccccc1.[Ba+2]. The maximum absolute atomic E-state index is 11.2. The molecule has 160 valence electrons. The van der Waals surface area contributed by atoms with Crippen molar-refractivity contribution < 1.29 is 19.8 Å². The summed E-state index contributed by atoms with van der Waals surface area (Å²) in [5, 5.41) is 22.4. The van der Waals surface area contributed by atoms with Gasteiger partial charge in [-0.25, -0.2) is 0 Å². The molecule has 0 heterocycles. The van der Waals surface area contributed by atoms with E-state index in [4.69, 9.17) is 0 Å². The standard InChI is InChI=1S/2C14H12O2.Ba/c2*15-14(16)13(11-7-3-1-4-8-11)12-9-5-2-6-10-12;/h2*1-10,13H,(H,15,16);/q;;+2/p-2. The van der Waals surface area contributed by atoms with Gasteiger partial charge in [0.05, 0.1) is 11.9 Å². The molecule has 0 aliphatic heterocycles. The Labute approximate surface area is 234 Å². The number of hydrogen-bond donors (Lipinski definition) is 0. The molecule has 4 nitrogen and oxygen atoms in total. The molecule has 0 fully saturated rings. The Morgan fingerprint density at radius 1 is 0.424 bits per heavy atom. The van der Waals surface area contributed by atoms with E-state index in [1.165, 1.54) is 0 Å². The van der Waals surface area contributed by atoms with Gasteiger partial charge in [-0.3, -0.25) is 0 Å². The Hall–Kier alpha value is -2.61. The maximum Gasteiger partial charge on any atom is 2.00 e. The van der Waals surface area contributed by atoms with Crippen molar-refractivity contribution in [3.63, 3.8) is 0 Å². The normalized spacial score (nSPS) is 10.0. The van der Waals surface area contributed by atoms with Gasteiger partial charge in [-0.05, 0) is 22.3 Å². The van der Waals surface area contributed by atoms with Crippen LogP contribution in [0.4, 0.5) is 0 Å². The first-order chi connectivity index (χ1) is 15.6. The third-order valence-corrected chi connectivity index (χ3v) is 5.00. The summed E-state index contributed by atoms with van der Waals surface area (Å²) in [4.78, 5) is 22.4. The summed E-state index contributed by atoms with van der Waals surface area (Å²) in [5.41, 5.74) is 2.98. The van der Waals surface area contributed by atoms with Crippen LogP contribution in [0, 0.1) is 0 Å². The molecular weight excluding hydrogens is 538 g/mol. The van der Waals surface area contributed by atoms with Crippen LogP contribution in [0.3, 0.4) is 0 Å². The summed E-state index contributed by atoms with van der Waals surface area (Å²) in [5.74, 6) is -3.53. The second kappa shape index (κ2) is 13.8. The molecule has 0 bridgehead atoms. The minimum Gasteiger partial charge on any atom is -0.549 e. The zero-order valence-electron chi connectivity index (χ0n) is 18.0. The van der Waals surface area contributed by atoms with Gasteiger partial charge in [-0.2, -0.15) is 0 Å². The van der Waals surface area contributed by atoms with E-state index in [1.54, 1.807) is 48.5 Å². The molecule has 0 spiro atoms. The predicted molar refractivity (Wildman–Crippen MR) is 125 cm³/mol. The van der Waals surface area contributed by atoms with Gasteiger partial charge >= 0.3 is 48.9 Å². The Morgan fingerprint density at radius 3 is 0.758 bits per heavy atom. The Kier molecular flexibility index (Phi) is 11.2. The molecule has 0 unspecified atom stereocenters. The average Bonchev–Trinajstić information content (AvgIpc) is 2.82. The summed E-state index contributed by atoms with van der Waals surface area (Å²) in [6.07, 6.45) is 0. The Bertz CT molecular complexity index is 946. The number of rotatable bonds is 6. The first kappa shape index (κ1) is 26.6. The largest absolute Gasteiger partial charge is 2.00 e. The summed E-state index contributed by atoms with van der Waals surface area (Å²) >= 11 is 0. The summed E-state index contributed by atoms with van der Waals surface area (Å²) in [6.45, 7) is 0. The molecule has 0 aliphatic rings. The average molecular weight is 560 g/mol. The Balaban J connectivity index is 0.000000227. The molecule has 0 N–H and O–H groups in total. The monoisotopic (exact) mass is 560 g/mol. The van der Waals surface area contributed by atoms with Crippen molar-refractivity contribution in [2.45, 2.75) is 11.8 Å². The Morgan fingerprint density at radius 2 is 0.606 bits per heavy atom. The number of carbonyl (C=O) groups excluding carboxylic acids is 2. The van der Waals surface area contributed by atoms with Crippen molar-refractivity contribution in [3.8, 4) is 0 Å². The second-order valence-electron chi connectivity index (χ2n) is 7.15. The first-order valence-electron chi connectivity index (χ1n) is 10.2. The molecule has 4 aromatic rings. The van der Waals surface area contributed by atoms with Crippen LogP contribution in [0.1, 0.15) is 34.1 Å². The van der Waals surface area contributed by atoms with Crippen molar-refractivity contribution in [2.24, 2.45) is 0 Å². The van der Waals surface area contributed by atoms with E-state index in [9.17, 15) is 19.8 Å². The van der Waals surface area contributed by atoms with E-state index in [0.29, 0.717) is 0 Å². The first-order valence-corrected chi connectivity index (χ1v) is 10.2. The fourth-order valence-electron chi connectivity index (χ4n) is 3.51. The predicted octanol–water partition coefficient (Wildman–Crippen LogP) is 2.76. The minimum absolute atomic E-state index is 0. The van der Waals surface area contributed by atoms with E-state index in [2.05, 4.69) is 0 Å². The smallest absolute Gasteiger partial charge is 0.549 e. The van der Waals surface area contributed by atoms with Crippen LogP contribution in [0.5, 0.6) is 0 Å². The molecule has 4 rings (SSSR count). The molecule has 0 atom stereocenters. The van der Waals surface area contributed by atoms with Crippen LogP contribution in [0.2, 0.25) is 0 Å². The van der Waals surface area contributed by atoms with Crippen LogP contribution in [0.25, 0.3) is 0 Å². The van der Waals surface area contributed by atoms with Gasteiger partial charge in [0.2, 0.25) is 0 Å². The molecule has 0 aliphatic carbocycles. The fraction of sp³-hybridized carbons (Fsp3) is 0.0714. The molecular formula is C28H22BaO4. The van der Waals surface area contributed by atoms with E-state index in [-0.39, 0.29) is 48.9 Å². The zero-order valence-corrected chi connectivity index (χ0v) is 22.5. The number of carboxylic acids is 2. The third-order valence-electron chi connectivity index (χ3n) is 5.00. The van der Waals surface area contributed by atoms with Crippen LogP contribution in [-0.2, 0) is 9.59 Å². The van der Waals surface area contributed by atoms with Gasteiger partial charge in [0, 0.05) is 11.8 Å². The van der Waals surface area contributed by atoms with Gasteiger partial charge in [0.25, 0.3) is 0 Å². The number of benzene rings is 4. The number of aliphatic carboxylic acids is 2. The van der Waals surface area contributed by atoms with Crippen molar-refractivity contribution in [2.75, 3.05) is 0 Å². The molecule has 0 saturated carbocycles. The molecule has 0 saturated heterocycles. The topological polar surface area (TPSA) is 80.3 Å². The molecule has 4 aromatic carbocycles. The van der Waals surface area contributed by atoms with Gasteiger partial charge in [0.1, 0.15) is 0 Å². The third kappa shape index (κ3) is 7.74. The number of carbonyl (C=O) groups is 2. The van der Waals surface area contributed by atoms with Gasteiger partial charge < -0.3 is 19.8 Å². The summed E-state index contributed by atoms with van der Waals surface area (Å²) in [6, 6.07) is 36.5. The van der Waals surface area contributed by atoms with Crippen LogP contribution in [0.15, 0.2) is 121 Å². The van der Waals surface area contributed by atoms with Crippen LogP contribution < -0.4 is 10.2 Å². The van der Waals surface area contributed by atoms with Gasteiger partial charge in [-0.1, -0.05) is 121 Å². The fourth-order valence-corrected chi connectivity index (χ4v) is 3.51. The van der Waals surface area contributed by atoms with E-state index >= 15 is 0 Å². The van der Waals surface area contributed by atoms with Crippen LogP contribution in [-0.4, -0.2) is 60.8 Å². The van der Waals surface area contributed by atoms with Crippen molar-refractivity contribution in [1.29, 1.82) is 0 Å². The molecule has 0 radical (unpaired) electrons. The molecule has 0 aromatic heterocycles. The van der Waals surface area contributed by atoms with Crippen molar-refractivity contribution in [1.82, 2.24) is 0 Å². The molecule has 33 heavy (non-hydrogen) atoms. The quantitative estimate of drug-likeness (QED) is 0.340. The van der Waals surface area contributed by atoms with Crippen molar-refractivity contribution in [3.05, 3.63) is 144 Å². The second-order valence-corrected chi connectivity index (χ2v) is 7.15. The number of hydrogen-bond acceptors (Lipinski definition) is 4. The van der Waals surface area contributed by atoms with E-state index in [0.717, 1.165) is 22.3 Å². The summed E-state index contributed by atoms with van der Waals surface area (Å²) < 4.78 is 0. The van der Waals surface area contributed by atoms with Gasteiger partial charge in [0.15, 0.2) is 0 Å². The minimum atomic E-state index is -1.07. The molecule has 0 amide bonds. The zero-order chi connectivity index (χ0) is 22.8. The van der Waals surface area contributed by atoms with E-state index < -0.39 is 23.8 Å². The van der Waals surface area contributed by atoms with Crippen LogP contribution >= 0.6 is 0 Å². The number of carboxylic acid groups (broad SMARTS) is 2. The van der Waals surface area contributed by atoms with Crippen molar-refractivity contribution >= 4 is 60.8 Å².